The van der Waals surface area contributed by atoms with Gasteiger partial charge in [0.15, 0.2) is 17.6 Å². The van der Waals surface area contributed by atoms with Crippen LogP contribution in [0.25, 0.3) is 22.2 Å². The summed E-state index contributed by atoms with van der Waals surface area (Å²) in [5, 5.41) is 3.36. The molecule has 1 atom stereocenters. The number of fused-ring (bicyclic) bond motifs is 2. The number of amides is 1. The summed E-state index contributed by atoms with van der Waals surface area (Å²) in [6, 6.07) is 20.0. The van der Waals surface area contributed by atoms with E-state index in [2.05, 4.69) is 10.3 Å². The number of benzene rings is 3. The molecule has 0 spiro atoms. The minimum Gasteiger partial charge on any atom is -0.454 e. The Morgan fingerprint density at radius 3 is 2.63 bits per heavy atom. The maximum atomic E-state index is 13.4. The molecule has 3 aromatic carbocycles. The molecule has 0 fully saturated rings. The van der Waals surface area contributed by atoms with E-state index in [9.17, 15) is 14.0 Å². The van der Waals surface area contributed by atoms with Gasteiger partial charge in [-0.15, -0.1) is 0 Å². The molecule has 176 valence electrons. The first kappa shape index (κ1) is 22.3. The number of hydrogen-bond acceptors (Lipinski definition) is 6. The number of halogens is 1. The molecular formula is C27H21FN2O5. The summed E-state index contributed by atoms with van der Waals surface area (Å²) >= 11 is 0. The highest BCUT2D eigenvalue weighted by Gasteiger charge is 2.22. The van der Waals surface area contributed by atoms with E-state index in [1.807, 2.05) is 12.1 Å². The third-order valence-electron chi connectivity index (χ3n) is 5.63. The van der Waals surface area contributed by atoms with Gasteiger partial charge >= 0.3 is 5.97 Å². The summed E-state index contributed by atoms with van der Waals surface area (Å²) in [5.41, 5.74) is 2.83. The fourth-order valence-electron chi connectivity index (χ4n) is 3.77. The van der Waals surface area contributed by atoms with Crippen molar-refractivity contribution in [3.8, 4) is 22.8 Å². The van der Waals surface area contributed by atoms with Gasteiger partial charge in [-0.3, -0.25) is 4.79 Å². The molecule has 1 amide bonds. The molecule has 35 heavy (non-hydrogen) atoms. The second kappa shape index (κ2) is 9.42. The van der Waals surface area contributed by atoms with Crippen LogP contribution in [-0.4, -0.2) is 29.8 Å². The monoisotopic (exact) mass is 472 g/mol. The Bertz CT molecular complexity index is 1420. The van der Waals surface area contributed by atoms with Crippen LogP contribution in [0.3, 0.4) is 0 Å². The van der Waals surface area contributed by atoms with Crippen molar-refractivity contribution >= 4 is 22.8 Å². The maximum Gasteiger partial charge on any atom is 0.339 e. The summed E-state index contributed by atoms with van der Waals surface area (Å²) in [6.07, 6.45) is -1.03. The molecule has 4 aromatic rings. The standard InChI is InChI=1S/C27H21FN2O5/c1-16(26(31)29-14-17-6-11-24-25(12-17)34-15-33-24)35-27(32)21-13-23(18-7-9-19(28)10-8-18)30-22-5-3-2-4-20(21)22/h2-13,16H,14-15H2,1H3,(H,29,31)/t16-/m1/s1. The molecule has 1 aromatic heterocycles. The minimum atomic E-state index is -1.03. The molecule has 0 unspecified atom stereocenters. The minimum absolute atomic E-state index is 0.171. The van der Waals surface area contributed by atoms with Crippen LogP contribution in [-0.2, 0) is 16.1 Å². The summed E-state index contributed by atoms with van der Waals surface area (Å²) in [5.74, 6) is -0.176. The number of para-hydroxylation sites is 1. The number of esters is 1. The van der Waals surface area contributed by atoms with Crippen molar-refractivity contribution in [2.45, 2.75) is 19.6 Å². The van der Waals surface area contributed by atoms with Gasteiger partial charge in [0.05, 0.1) is 16.8 Å². The summed E-state index contributed by atoms with van der Waals surface area (Å²) in [6.45, 7) is 1.92. The van der Waals surface area contributed by atoms with E-state index < -0.39 is 18.0 Å². The highest BCUT2D eigenvalue weighted by atomic mass is 19.1. The van der Waals surface area contributed by atoms with Gasteiger partial charge in [-0.05, 0) is 61.0 Å². The molecular weight excluding hydrogens is 451 g/mol. The van der Waals surface area contributed by atoms with Crippen LogP contribution in [0, 0.1) is 5.82 Å². The number of carbonyl (C=O) groups is 2. The zero-order chi connectivity index (χ0) is 24.4. The van der Waals surface area contributed by atoms with E-state index in [-0.39, 0.29) is 24.7 Å². The third-order valence-corrected chi connectivity index (χ3v) is 5.63. The average Bonchev–Trinajstić information content (AvgIpc) is 3.35. The number of aromatic nitrogens is 1. The molecule has 0 radical (unpaired) electrons. The normalized spacial score (nSPS) is 12.9. The second-order valence-electron chi connectivity index (χ2n) is 8.03. The molecule has 7 nitrogen and oxygen atoms in total. The van der Waals surface area contributed by atoms with Gasteiger partial charge in [0, 0.05) is 17.5 Å². The Morgan fingerprint density at radius 2 is 1.80 bits per heavy atom. The van der Waals surface area contributed by atoms with E-state index in [4.69, 9.17) is 14.2 Å². The summed E-state index contributed by atoms with van der Waals surface area (Å²) < 4.78 is 29.5. The topological polar surface area (TPSA) is 86.8 Å². The smallest absolute Gasteiger partial charge is 0.339 e. The fourth-order valence-corrected chi connectivity index (χ4v) is 3.77. The lowest BCUT2D eigenvalue weighted by molar-refractivity contribution is -0.129. The Balaban J connectivity index is 1.32. The van der Waals surface area contributed by atoms with Gasteiger partial charge in [-0.2, -0.15) is 0 Å². The second-order valence-corrected chi connectivity index (χ2v) is 8.03. The number of ether oxygens (including phenoxy) is 3. The van der Waals surface area contributed by atoms with Crippen LogP contribution in [0.2, 0.25) is 0 Å². The van der Waals surface area contributed by atoms with Crippen LogP contribution < -0.4 is 14.8 Å². The number of rotatable bonds is 6. The molecule has 1 N–H and O–H groups in total. The Kier molecular flexibility index (Phi) is 6.01. The highest BCUT2D eigenvalue weighted by molar-refractivity contribution is 6.05. The van der Waals surface area contributed by atoms with Gasteiger partial charge in [0.2, 0.25) is 6.79 Å². The van der Waals surface area contributed by atoms with Crippen LogP contribution in [0.4, 0.5) is 4.39 Å². The Hall–Kier alpha value is -4.46. The van der Waals surface area contributed by atoms with Crippen LogP contribution in [0.5, 0.6) is 11.5 Å². The van der Waals surface area contributed by atoms with Gasteiger partial charge in [-0.1, -0.05) is 24.3 Å². The quantitative estimate of drug-likeness (QED) is 0.412. The molecule has 8 heteroatoms. The Labute approximate surface area is 200 Å². The number of pyridine rings is 1. The molecule has 5 rings (SSSR count). The van der Waals surface area contributed by atoms with Crippen LogP contribution in [0.15, 0.2) is 72.8 Å². The van der Waals surface area contributed by atoms with E-state index in [1.54, 1.807) is 48.5 Å². The van der Waals surface area contributed by atoms with Crippen molar-refractivity contribution < 1.29 is 28.2 Å². The first-order valence-electron chi connectivity index (χ1n) is 11.0. The predicted octanol–water partition coefficient (Wildman–Crippen LogP) is 4.63. The summed E-state index contributed by atoms with van der Waals surface area (Å²) in [4.78, 5) is 30.3. The molecule has 1 aliphatic heterocycles. The number of nitrogens with one attached hydrogen (secondary N) is 1. The lowest BCUT2D eigenvalue weighted by Gasteiger charge is -2.15. The third kappa shape index (κ3) is 4.77. The molecule has 0 saturated carbocycles. The van der Waals surface area contributed by atoms with Crippen LogP contribution >= 0.6 is 0 Å². The SMILES string of the molecule is C[C@@H](OC(=O)c1cc(-c2ccc(F)cc2)nc2ccccc12)C(=O)NCc1ccc2c(c1)OCO2. The molecule has 0 aliphatic carbocycles. The molecule has 0 bridgehead atoms. The van der Waals surface area contributed by atoms with E-state index >= 15 is 0 Å². The van der Waals surface area contributed by atoms with E-state index in [1.165, 1.54) is 19.1 Å². The number of carbonyl (C=O) groups excluding carboxylic acids is 2. The van der Waals surface area contributed by atoms with Crippen LogP contribution in [0.1, 0.15) is 22.8 Å². The molecule has 1 aliphatic rings. The van der Waals surface area contributed by atoms with Gasteiger partial charge in [0.1, 0.15) is 5.82 Å². The highest BCUT2D eigenvalue weighted by Crippen LogP contribution is 2.32. The largest absolute Gasteiger partial charge is 0.454 e. The Morgan fingerprint density at radius 1 is 1.03 bits per heavy atom. The first-order chi connectivity index (χ1) is 17.0. The zero-order valence-corrected chi connectivity index (χ0v) is 18.8. The fraction of sp³-hybridized carbons (Fsp3) is 0.148. The first-order valence-corrected chi connectivity index (χ1v) is 11.0. The van der Waals surface area contributed by atoms with Crippen molar-refractivity contribution in [3.05, 3.63) is 89.7 Å². The predicted molar refractivity (Wildman–Crippen MR) is 126 cm³/mol. The number of nitrogens with zero attached hydrogens (tertiary/aromatic N) is 1. The van der Waals surface area contributed by atoms with Crippen molar-refractivity contribution in [2.24, 2.45) is 0 Å². The average molecular weight is 472 g/mol. The van der Waals surface area contributed by atoms with Crippen molar-refractivity contribution in [1.29, 1.82) is 0 Å². The maximum absolute atomic E-state index is 13.4. The molecule has 2 heterocycles. The molecule has 0 saturated heterocycles. The zero-order valence-electron chi connectivity index (χ0n) is 18.8. The summed E-state index contributed by atoms with van der Waals surface area (Å²) in [7, 11) is 0. The van der Waals surface area contributed by atoms with Crippen molar-refractivity contribution in [2.75, 3.05) is 6.79 Å². The van der Waals surface area contributed by atoms with Gasteiger partial charge < -0.3 is 19.5 Å². The number of hydrogen-bond donors (Lipinski definition) is 1. The van der Waals surface area contributed by atoms with Crippen molar-refractivity contribution in [1.82, 2.24) is 10.3 Å². The van der Waals surface area contributed by atoms with Gasteiger partial charge in [0.25, 0.3) is 5.91 Å². The lowest BCUT2D eigenvalue weighted by atomic mass is 10.0. The van der Waals surface area contributed by atoms with E-state index in [0.717, 1.165) is 5.56 Å². The van der Waals surface area contributed by atoms with Crippen molar-refractivity contribution in [3.63, 3.8) is 0 Å². The lowest BCUT2D eigenvalue weighted by Crippen LogP contribution is -2.35. The van der Waals surface area contributed by atoms with Gasteiger partial charge in [-0.25, -0.2) is 14.2 Å². The van der Waals surface area contributed by atoms with E-state index in [0.29, 0.717) is 33.7 Å².